The number of aromatic nitrogens is 4. The van der Waals surface area contributed by atoms with E-state index in [9.17, 15) is 53.1 Å². The second kappa shape index (κ2) is 26.0. The lowest BCUT2D eigenvalue weighted by Crippen LogP contribution is -2.46. The maximum absolute atomic E-state index is 13.0. The number of phosphoric acid groups is 3. The number of nitrogens with zero attached hydrogens (tertiary/aromatic N) is 4. The van der Waals surface area contributed by atoms with Gasteiger partial charge < -0.3 is 79.3 Å². The predicted octanol–water partition coefficient (Wildman–Crippen LogP) is -1.58. The highest BCUT2D eigenvalue weighted by Crippen LogP contribution is 2.61. The summed E-state index contributed by atoms with van der Waals surface area (Å²) in [6.45, 7) is 1.43. The molecule has 1 saturated heterocycles. The lowest BCUT2D eigenvalue weighted by molar-refractivity contribution is -0.137. The summed E-state index contributed by atoms with van der Waals surface area (Å²) in [5.74, 6) is -1.21. The number of anilines is 1. The number of amides is 2. The number of phosphoric ester groups is 3. The number of aliphatic hydroxyl groups is 2. The lowest BCUT2D eigenvalue weighted by atomic mass is 9.87. The van der Waals surface area contributed by atoms with Crippen LogP contribution in [0.3, 0.4) is 0 Å². The number of carbonyl (C=O) groups is 2. The van der Waals surface area contributed by atoms with E-state index in [-0.39, 0.29) is 94.1 Å². The van der Waals surface area contributed by atoms with Crippen LogP contribution in [-0.2, 0) is 64.9 Å². The monoisotopic (exact) mass is 1000 g/mol. The van der Waals surface area contributed by atoms with Gasteiger partial charge in [-0.3, -0.25) is 23.2 Å². The zero-order valence-corrected chi connectivity index (χ0v) is 38.7. The number of hydrogen-bond donors (Lipinski definition) is 10. The number of ether oxygens (including phenoxy) is 7. The summed E-state index contributed by atoms with van der Waals surface area (Å²) in [5, 5.41) is 26.9. The summed E-state index contributed by atoms with van der Waals surface area (Å²) in [4.78, 5) is 77.1. The van der Waals surface area contributed by atoms with E-state index in [1.165, 1.54) is 28.1 Å². The Morgan fingerprint density at radius 3 is 2.11 bits per heavy atom. The molecule has 2 aromatic heterocycles. The smallest absolute Gasteiger partial charge is 0.462 e. The van der Waals surface area contributed by atoms with Gasteiger partial charge in [-0.25, -0.2) is 18.3 Å². The number of nitrogens with one attached hydrogen (secondary N) is 2. The van der Waals surface area contributed by atoms with Gasteiger partial charge in [0.2, 0.25) is 11.8 Å². The topological polar surface area (TPSA) is 402 Å². The molecule has 3 rings (SSSR count). The summed E-state index contributed by atoms with van der Waals surface area (Å²) in [7, 11) is -13.7. The normalized spacial score (nSPS) is 20.4. The summed E-state index contributed by atoms with van der Waals surface area (Å²) < 4.78 is 95.5. The highest BCUT2D eigenvalue weighted by molar-refractivity contribution is 7.80. The van der Waals surface area contributed by atoms with Gasteiger partial charge in [0.15, 0.2) is 23.2 Å². The van der Waals surface area contributed by atoms with Crippen LogP contribution < -0.4 is 25.8 Å². The fourth-order valence-electron chi connectivity index (χ4n) is 5.28. The number of nitrogen functional groups attached to an aromatic ring is 1. The third kappa shape index (κ3) is 18.2. The van der Waals surface area contributed by atoms with Crippen molar-refractivity contribution < 1.29 is 104 Å². The minimum atomic E-state index is -5.68. The number of fused-ring (bicyclic) bond motifs is 1. The molecule has 0 spiro atoms. The van der Waals surface area contributed by atoms with Crippen molar-refractivity contribution >= 4 is 64.9 Å². The molecule has 0 aromatic carbocycles. The molecule has 64 heavy (non-hydrogen) atoms. The van der Waals surface area contributed by atoms with E-state index in [1.54, 1.807) is 0 Å². The zero-order valence-electron chi connectivity index (χ0n) is 35.2. The maximum Gasteiger partial charge on any atom is 0.481 e. The summed E-state index contributed by atoms with van der Waals surface area (Å²) >= 11 is 3.97. The Kier molecular flexibility index (Phi) is 22.6. The number of thiol groups is 1. The van der Waals surface area contributed by atoms with Gasteiger partial charge in [0.25, 0.3) is 0 Å². The molecular weight excluding hydrogens is 947 g/mol. The number of methoxy groups -OCH3 is 2. The number of nitrogens with two attached hydrogens (primary N) is 1. The number of hydrogen-bond acceptors (Lipinski definition) is 23. The molecule has 1 aliphatic rings. The van der Waals surface area contributed by atoms with Crippen LogP contribution in [0.4, 0.5) is 5.82 Å². The minimum absolute atomic E-state index is 0.00400. The first-order valence-corrected chi connectivity index (χ1v) is 24.2. The van der Waals surface area contributed by atoms with E-state index in [1.807, 2.05) is 0 Å². The Bertz CT molecular complexity index is 1950. The second-order valence-electron chi connectivity index (χ2n) is 13.9. The number of rotatable bonds is 32. The van der Waals surface area contributed by atoms with Crippen molar-refractivity contribution in [2.24, 2.45) is 5.41 Å². The van der Waals surface area contributed by atoms with Gasteiger partial charge in [-0.05, 0) is 0 Å². The fourth-order valence-corrected chi connectivity index (χ4v) is 8.23. The molecule has 0 radical (unpaired) electrons. The third-order valence-corrected chi connectivity index (χ3v) is 11.7. The van der Waals surface area contributed by atoms with E-state index in [2.05, 4.69) is 42.5 Å². The molecule has 3 heterocycles. The molecule has 1 aliphatic heterocycles. The standard InChI is InChI=1S/C31H56N7O22P3S/c1-31(2,24(41)27(42)34-6-5-20(39)33-7-16-64)18-57-63(48,49)60-62(46,47)56-17-19-23(59-61(43,44)45)22(40)28(58-19)38-26-21(35-30(38)55-15-13-53-11-9-51-4)25(32)36-29(37-26)54-14-12-52-10-8-50-3/h19,22-24,28,40-41,64H,5-18H2,1-4H3,(H,33,39)(H,34,42)(H,46,47)(H,48,49)(H2,32,36,37)(H2,43,44,45)/t19-,22-,23-,24+,28-/m1/s1. The second-order valence-corrected chi connectivity index (χ2v) is 18.6. The van der Waals surface area contributed by atoms with Crippen LogP contribution in [0.15, 0.2) is 0 Å². The lowest BCUT2D eigenvalue weighted by Gasteiger charge is -2.30. The number of imidazole rings is 1. The molecule has 10 N–H and O–H groups in total. The van der Waals surface area contributed by atoms with Crippen molar-refractivity contribution in [1.29, 1.82) is 0 Å². The molecule has 0 saturated carbocycles. The van der Waals surface area contributed by atoms with Gasteiger partial charge in [-0.1, -0.05) is 13.8 Å². The Labute approximate surface area is 371 Å². The average molecular weight is 1000 g/mol. The Balaban J connectivity index is 1.80. The maximum atomic E-state index is 13.0. The molecule has 0 bridgehead atoms. The van der Waals surface area contributed by atoms with Gasteiger partial charge in [-0.15, -0.1) is 0 Å². The minimum Gasteiger partial charge on any atom is -0.462 e. The van der Waals surface area contributed by atoms with Crippen molar-refractivity contribution in [3.8, 4) is 12.0 Å². The van der Waals surface area contributed by atoms with Crippen LogP contribution in [0.1, 0.15) is 26.5 Å². The van der Waals surface area contributed by atoms with E-state index < -0.39 is 78.6 Å². The fraction of sp³-hybridized carbons (Fsp3) is 0.774. The van der Waals surface area contributed by atoms with Crippen LogP contribution in [-0.4, -0.2) is 185 Å². The largest absolute Gasteiger partial charge is 0.481 e. The van der Waals surface area contributed by atoms with Crippen LogP contribution >= 0.6 is 36.1 Å². The van der Waals surface area contributed by atoms with Gasteiger partial charge in [0.1, 0.15) is 37.6 Å². The molecule has 7 atom stereocenters. The van der Waals surface area contributed by atoms with Gasteiger partial charge in [-0.2, -0.15) is 31.9 Å². The quantitative estimate of drug-likeness (QED) is 0.0225. The van der Waals surface area contributed by atoms with Crippen molar-refractivity contribution in [3.05, 3.63) is 0 Å². The highest BCUT2D eigenvalue weighted by atomic mass is 32.1. The van der Waals surface area contributed by atoms with Gasteiger partial charge >= 0.3 is 35.5 Å². The Morgan fingerprint density at radius 2 is 1.50 bits per heavy atom. The molecule has 1 fully saturated rings. The predicted molar refractivity (Wildman–Crippen MR) is 220 cm³/mol. The van der Waals surface area contributed by atoms with Gasteiger partial charge in [0, 0.05) is 44.9 Å². The molecular formula is C31H56N7O22P3S. The van der Waals surface area contributed by atoms with E-state index in [0.29, 0.717) is 18.9 Å². The Morgan fingerprint density at radius 1 is 0.891 bits per heavy atom. The van der Waals surface area contributed by atoms with E-state index in [0.717, 1.165) is 4.57 Å². The van der Waals surface area contributed by atoms with Gasteiger partial charge in [0.05, 0.1) is 52.9 Å². The average Bonchev–Trinajstić information content (AvgIpc) is 3.72. The van der Waals surface area contributed by atoms with Crippen LogP contribution in [0.5, 0.6) is 12.0 Å². The summed E-state index contributed by atoms with van der Waals surface area (Å²) in [6, 6.07) is -0.651. The molecule has 0 aliphatic carbocycles. The first-order valence-electron chi connectivity index (χ1n) is 19.1. The molecule has 368 valence electrons. The van der Waals surface area contributed by atoms with Crippen molar-refractivity contribution in [2.75, 3.05) is 105 Å². The summed E-state index contributed by atoms with van der Waals surface area (Å²) in [5.41, 5.74) is 4.23. The van der Waals surface area contributed by atoms with Crippen molar-refractivity contribution in [1.82, 2.24) is 30.2 Å². The number of carbonyl (C=O) groups excluding carboxylic acids is 2. The van der Waals surface area contributed by atoms with Crippen LogP contribution in [0.25, 0.3) is 11.2 Å². The SMILES string of the molecule is COCCOCCOc1nc(N)c2nc(OCCOCCOC)n([C@@H]3O[C@H](COP(=O)(O)OP(=O)(O)OCC(C)(C)[C@@H](O)C(=O)NCCC(=O)NCCS)[C@@H](OP(=O)(O)O)[C@H]3O)c2n1. The van der Waals surface area contributed by atoms with E-state index >= 15 is 0 Å². The molecule has 29 nitrogen and oxygen atoms in total. The molecule has 2 amide bonds. The molecule has 2 unspecified atom stereocenters. The van der Waals surface area contributed by atoms with Crippen LogP contribution in [0.2, 0.25) is 0 Å². The Hall–Kier alpha value is -2.67. The first kappa shape index (κ1) is 55.7. The zero-order chi connectivity index (χ0) is 47.7. The summed E-state index contributed by atoms with van der Waals surface area (Å²) in [6.07, 6.45) is -9.83. The molecule has 33 heteroatoms. The van der Waals surface area contributed by atoms with Crippen molar-refractivity contribution in [3.63, 3.8) is 0 Å². The number of aliphatic hydroxyl groups excluding tert-OH is 2. The highest BCUT2D eigenvalue weighted by Gasteiger charge is 2.51. The molecule has 2 aromatic rings. The first-order chi connectivity index (χ1) is 30.0. The third-order valence-electron chi connectivity index (χ3n) is 8.40. The van der Waals surface area contributed by atoms with E-state index in [4.69, 9.17) is 52.5 Å². The van der Waals surface area contributed by atoms with Crippen LogP contribution in [0, 0.1) is 5.41 Å². The van der Waals surface area contributed by atoms with Crippen molar-refractivity contribution in [2.45, 2.75) is 50.9 Å².